The number of nitrogens with zero attached hydrogens (tertiary/aromatic N) is 1. The molecule has 3 aromatic rings. The van der Waals surface area contributed by atoms with Crippen molar-refractivity contribution in [3.8, 4) is 0 Å². The third kappa shape index (κ3) is 5.64. The number of amides is 1. The fourth-order valence-electron chi connectivity index (χ4n) is 2.61. The van der Waals surface area contributed by atoms with Crippen molar-refractivity contribution in [2.45, 2.75) is 26.4 Å². The van der Waals surface area contributed by atoms with E-state index >= 15 is 0 Å². The van der Waals surface area contributed by atoms with Crippen molar-refractivity contribution < 1.29 is 9.69 Å². The number of quaternary nitrogens is 1. The summed E-state index contributed by atoms with van der Waals surface area (Å²) in [5.41, 5.74) is 3.01. The van der Waals surface area contributed by atoms with Crippen molar-refractivity contribution in [1.29, 1.82) is 0 Å². The van der Waals surface area contributed by atoms with Crippen molar-refractivity contribution in [1.82, 2.24) is 4.98 Å². The average molecular weight is 407 g/mol. The zero-order chi connectivity index (χ0) is 18.5. The maximum atomic E-state index is 12.2. The Balaban J connectivity index is 1.50. The Hall–Kier alpha value is -1.73. The van der Waals surface area contributed by atoms with E-state index in [-0.39, 0.29) is 5.91 Å². The van der Waals surface area contributed by atoms with E-state index in [2.05, 4.69) is 23.4 Å². The summed E-state index contributed by atoms with van der Waals surface area (Å²) >= 11 is 9.14. The normalized spacial score (nSPS) is 12.1. The molecule has 0 radical (unpaired) electrons. The minimum absolute atomic E-state index is 0.0383. The maximum Gasteiger partial charge on any atom is 0.231 e. The van der Waals surface area contributed by atoms with Gasteiger partial charge in [0, 0.05) is 11.1 Å². The van der Waals surface area contributed by atoms with E-state index in [1.165, 1.54) is 26.7 Å². The predicted octanol–water partition coefficient (Wildman–Crippen LogP) is 3.56. The van der Waals surface area contributed by atoms with Gasteiger partial charge in [0.25, 0.3) is 0 Å². The topological polar surface area (TPSA) is 46.4 Å². The number of thiophene rings is 1. The van der Waals surface area contributed by atoms with Crippen LogP contribution in [-0.2, 0) is 24.3 Å². The number of nitrogens with one attached hydrogen (secondary N) is 2. The zero-order valence-corrected chi connectivity index (χ0v) is 17.1. The molecule has 0 aliphatic heterocycles. The molecule has 1 atom stereocenters. The van der Waals surface area contributed by atoms with E-state index in [4.69, 9.17) is 11.6 Å². The Bertz CT molecular complexity index is 873. The first kappa shape index (κ1) is 19.0. The number of anilines is 1. The summed E-state index contributed by atoms with van der Waals surface area (Å²) in [6.45, 7) is 3.76. The number of hydrogen-bond donors (Lipinski definition) is 2. The van der Waals surface area contributed by atoms with Crippen LogP contribution in [0.3, 0.4) is 0 Å². The molecule has 2 aromatic heterocycles. The highest BCUT2D eigenvalue weighted by atomic mass is 35.5. The lowest BCUT2D eigenvalue weighted by atomic mass is 10.2. The van der Waals surface area contributed by atoms with Crippen LogP contribution in [0.1, 0.15) is 21.1 Å². The monoisotopic (exact) mass is 406 g/mol. The number of rotatable bonds is 7. The Kier molecular flexibility index (Phi) is 6.43. The van der Waals surface area contributed by atoms with E-state index in [0.29, 0.717) is 6.42 Å². The molecular formula is C19H21ClN3OS2+. The number of halogens is 1. The van der Waals surface area contributed by atoms with Gasteiger partial charge in [-0.2, -0.15) is 0 Å². The lowest BCUT2D eigenvalue weighted by Crippen LogP contribution is -3.06. The van der Waals surface area contributed by atoms with Crippen LogP contribution in [0.2, 0.25) is 4.34 Å². The van der Waals surface area contributed by atoms with Gasteiger partial charge >= 0.3 is 0 Å². The molecule has 2 N–H and O–H groups in total. The fraction of sp³-hybridized carbons (Fsp3) is 0.263. The summed E-state index contributed by atoms with van der Waals surface area (Å²) in [6.07, 6.45) is 0.304. The Morgan fingerprint density at radius 2 is 1.96 bits per heavy atom. The van der Waals surface area contributed by atoms with Gasteiger partial charge in [-0.3, -0.25) is 4.79 Å². The molecule has 3 rings (SSSR count). The van der Waals surface area contributed by atoms with Gasteiger partial charge < -0.3 is 10.2 Å². The first-order chi connectivity index (χ1) is 12.5. The number of aromatic nitrogens is 1. The van der Waals surface area contributed by atoms with Crippen LogP contribution in [0.4, 0.5) is 5.69 Å². The van der Waals surface area contributed by atoms with E-state index < -0.39 is 0 Å². The molecule has 0 saturated carbocycles. The molecule has 0 fully saturated rings. The third-order valence-corrected chi connectivity index (χ3v) is 5.96. The SMILES string of the molecule is Cc1ccc(NC(=O)Cc2nc(C[NH+](C)Cc3ccc(Cl)s3)cs2)cc1. The van der Waals surface area contributed by atoms with Crippen molar-refractivity contribution in [2.24, 2.45) is 0 Å². The molecule has 7 heteroatoms. The lowest BCUT2D eigenvalue weighted by molar-refractivity contribution is -0.907. The van der Waals surface area contributed by atoms with Crippen molar-refractivity contribution >= 4 is 45.9 Å². The number of benzene rings is 1. The fourth-order valence-corrected chi connectivity index (χ4v) is 4.60. The van der Waals surface area contributed by atoms with Crippen LogP contribution in [0.25, 0.3) is 0 Å². The second-order valence-corrected chi connectivity index (χ2v) is 9.08. The van der Waals surface area contributed by atoms with Crippen LogP contribution in [-0.4, -0.2) is 17.9 Å². The Morgan fingerprint density at radius 3 is 2.65 bits per heavy atom. The summed E-state index contributed by atoms with van der Waals surface area (Å²) in [4.78, 5) is 19.4. The van der Waals surface area contributed by atoms with Crippen molar-refractivity contribution in [3.63, 3.8) is 0 Å². The third-order valence-electron chi connectivity index (χ3n) is 3.83. The minimum atomic E-state index is -0.0383. The van der Waals surface area contributed by atoms with Gasteiger partial charge in [-0.25, -0.2) is 4.98 Å². The molecule has 1 aromatic carbocycles. The van der Waals surface area contributed by atoms with Gasteiger partial charge in [0.1, 0.15) is 23.8 Å². The van der Waals surface area contributed by atoms with E-state index in [9.17, 15) is 4.79 Å². The molecule has 0 aliphatic rings. The molecule has 1 unspecified atom stereocenters. The molecular weight excluding hydrogens is 386 g/mol. The number of carbonyl (C=O) groups is 1. The van der Waals surface area contributed by atoms with E-state index in [1.54, 1.807) is 11.3 Å². The van der Waals surface area contributed by atoms with Crippen LogP contribution in [0, 0.1) is 6.92 Å². The number of carbonyl (C=O) groups excluding carboxylic acids is 1. The van der Waals surface area contributed by atoms with Crippen LogP contribution >= 0.6 is 34.3 Å². The quantitative estimate of drug-likeness (QED) is 0.630. The van der Waals surface area contributed by atoms with Crippen LogP contribution in [0.15, 0.2) is 41.8 Å². The second kappa shape index (κ2) is 8.77. The molecule has 0 aliphatic carbocycles. The number of hydrogen-bond acceptors (Lipinski definition) is 4. The van der Waals surface area contributed by atoms with Crippen molar-refractivity contribution in [2.75, 3.05) is 12.4 Å². The molecule has 136 valence electrons. The Labute approximate surface area is 166 Å². The Morgan fingerprint density at radius 1 is 1.19 bits per heavy atom. The highest BCUT2D eigenvalue weighted by Gasteiger charge is 2.12. The minimum Gasteiger partial charge on any atom is -0.328 e. The molecule has 4 nitrogen and oxygen atoms in total. The van der Waals surface area contributed by atoms with Gasteiger partial charge in [-0.1, -0.05) is 29.3 Å². The molecule has 26 heavy (non-hydrogen) atoms. The lowest BCUT2D eigenvalue weighted by Gasteiger charge is -2.11. The molecule has 2 heterocycles. The number of aryl methyl sites for hydroxylation is 1. The van der Waals surface area contributed by atoms with Gasteiger partial charge in [-0.15, -0.1) is 22.7 Å². The predicted molar refractivity (Wildman–Crippen MR) is 109 cm³/mol. The standard InChI is InChI=1S/C19H20ClN3OS2/c1-13-3-5-14(6-4-13)21-18(24)9-19-22-15(12-25-19)10-23(2)11-16-7-8-17(20)26-16/h3-8,12H,9-11H2,1-2H3,(H,21,24)/p+1. The molecule has 0 spiro atoms. The summed E-state index contributed by atoms with van der Waals surface area (Å²) in [5.74, 6) is -0.0383. The summed E-state index contributed by atoms with van der Waals surface area (Å²) in [6, 6.07) is 11.8. The molecule has 0 bridgehead atoms. The van der Waals surface area contributed by atoms with Crippen LogP contribution in [0.5, 0.6) is 0 Å². The van der Waals surface area contributed by atoms with Gasteiger partial charge in [0.2, 0.25) is 5.91 Å². The largest absolute Gasteiger partial charge is 0.328 e. The highest BCUT2D eigenvalue weighted by molar-refractivity contribution is 7.16. The smallest absolute Gasteiger partial charge is 0.231 e. The second-order valence-electron chi connectivity index (χ2n) is 6.34. The van der Waals surface area contributed by atoms with Crippen molar-refractivity contribution in [3.05, 3.63) is 67.3 Å². The summed E-state index contributed by atoms with van der Waals surface area (Å²) in [5, 5.41) is 5.80. The highest BCUT2D eigenvalue weighted by Crippen LogP contribution is 2.20. The van der Waals surface area contributed by atoms with E-state index in [0.717, 1.165) is 33.8 Å². The zero-order valence-electron chi connectivity index (χ0n) is 14.7. The van der Waals surface area contributed by atoms with Gasteiger partial charge in [0.05, 0.1) is 22.7 Å². The maximum absolute atomic E-state index is 12.2. The first-order valence-electron chi connectivity index (χ1n) is 8.33. The number of thiazole rings is 1. The summed E-state index contributed by atoms with van der Waals surface area (Å²) in [7, 11) is 2.14. The van der Waals surface area contributed by atoms with Crippen LogP contribution < -0.4 is 10.2 Å². The van der Waals surface area contributed by atoms with Gasteiger partial charge in [0.15, 0.2) is 0 Å². The average Bonchev–Trinajstić information content (AvgIpc) is 3.18. The molecule has 0 saturated heterocycles. The van der Waals surface area contributed by atoms with Gasteiger partial charge in [-0.05, 0) is 31.2 Å². The molecule has 1 amide bonds. The summed E-state index contributed by atoms with van der Waals surface area (Å²) < 4.78 is 0.823. The van der Waals surface area contributed by atoms with E-state index in [1.807, 2.05) is 42.6 Å². The first-order valence-corrected chi connectivity index (χ1v) is 10.4.